The molecule has 0 saturated carbocycles. The monoisotopic (exact) mass is 502 g/mol. The normalized spacial score (nSPS) is 25.0. The van der Waals surface area contributed by atoms with E-state index in [1.54, 1.807) is 54.3 Å². The van der Waals surface area contributed by atoms with Gasteiger partial charge in [-0.15, -0.1) is 0 Å². The van der Waals surface area contributed by atoms with E-state index in [1.165, 1.54) is 4.90 Å². The van der Waals surface area contributed by atoms with Crippen molar-refractivity contribution in [2.75, 3.05) is 23.0 Å². The summed E-state index contributed by atoms with van der Waals surface area (Å²) in [4.78, 5) is 54.5. The van der Waals surface area contributed by atoms with Gasteiger partial charge >= 0.3 is 5.97 Å². The number of fused-ring (bicyclic) bond motifs is 1. The van der Waals surface area contributed by atoms with Gasteiger partial charge in [0.1, 0.15) is 11.5 Å². The molecule has 4 atom stereocenters. The molecule has 8 heteroatoms. The minimum absolute atomic E-state index is 0.0111. The van der Waals surface area contributed by atoms with Crippen molar-refractivity contribution in [1.82, 2.24) is 0 Å². The van der Waals surface area contributed by atoms with E-state index in [4.69, 9.17) is 9.47 Å². The van der Waals surface area contributed by atoms with Gasteiger partial charge in [0.15, 0.2) is 0 Å². The highest BCUT2D eigenvalue weighted by molar-refractivity contribution is 6.22. The number of ether oxygens (including phenoxy) is 2. The molecule has 2 aromatic rings. The van der Waals surface area contributed by atoms with Gasteiger partial charge in [0.25, 0.3) is 0 Å². The molecule has 5 rings (SSSR count). The van der Waals surface area contributed by atoms with Crippen LogP contribution in [0.4, 0.5) is 11.4 Å². The Morgan fingerprint density at radius 2 is 1.76 bits per heavy atom. The first-order valence-corrected chi connectivity index (χ1v) is 12.7. The third kappa shape index (κ3) is 4.52. The third-order valence-electron chi connectivity index (χ3n) is 7.42. The lowest BCUT2D eigenvalue weighted by atomic mass is 9.78. The molecule has 2 aliphatic heterocycles. The second kappa shape index (κ2) is 9.84. The van der Waals surface area contributed by atoms with E-state index in [-0.39, 0.29) is 48.4 Å². The summed E-state index contributed by atoms with van der Waals surface area (Å²) < 4.78 is 11.1. The van der Waals surface area contributed by atoms with Crippen LogP contribution in [0, 0.1) is 30.6 Å². The van der Waals surface area contributed by atoms with E-state index >= 15 is 0 Å². The number of nitrogens with zero attached hydrogens (tertiary/aromatic N) is 2. The minimum Gasteiger partial charge on any atom is -0.494 e. The number of benzene rings is 2. The first kappa shape index (κ1) is 24.7. The lowest BCUT2D eigenvalue weighted by molar-refractivity contribution is -0.139. The second-order valence-electron chi connectivity index (χ2n) is 9.87. The predicted octanol–water partition coefficient (Wildman–Crippen LogP) is 4.05. The van der Waals surface area contributed by atoms with Gasteiger partial charge in [-0.3, -0.25) is 19.2 Å². The highest BCUT2D eigenvalue weighted by Crippen LogP contribution is 2.41. The Balaban J connectivity index is 1.26. The van der Waals surface area contributed by atoms with Crippen LogP contribution >= 0.6 is 0 Å². The van der Waals surface area contributed by atoms with Gasteiger partial charge in [0.05, 0.1) is 30.0 Å². The molecule has 0 unspecified atom stereocenters. The van der Waals surface area contributed by atoms with Crippen LogP contribution in [0.5, 0.6) is 11.5 Å². The van der Waals surface area contributed by atoms with E-state index in [1.807, 2.05) is 26.0 Å². The molecule has 2 aromatic carbocycles. The lowest BCUT2D eigenvalue weighted by Gasteiger charge is -2.22. The standard InChI is InChI=1S/C29H30N2O6/c1-4-36-21-10-8-20(9-11-21)30-16-19(15-25(30)32)29(35)37-22-12-13-24(18(3)14-22)31-27(33)23-7-5-6-17(2)26(23)28(31)34/h5-6,8-14,17,19,23,26H,4,7,15-16H2,1-3H3/t17-,19-,23-,26+/m1/s1. The number of aryl methyl sites for hydroxylation is 1. The van der Waals surface area contributed by atoms with Crippen LogP contribution < -0.4 is 19.3 Å². The van der Waals surface area contributed by atoms with Gasteiger partial charge < -0.3 is 14.4 Å². The van der Waals surface area contributed by atoms with Crippen molar-refractivity contribution in [3.05, 3.63) is 60.2 Å². The Hall–Kier alpha value is -3.94. The topological polar surface area (TPSA) is 93.2 Å². The fourth-order valence-corrected chi connectivity index (χ4v) is 5.53. The van der Waals surface area contributed by atoms with Crippen LogP contribution in [0.3, 0.4) is 0 Å². The van der Waals surface area contributed by atoms with Crippen molar-refractivity contribution in [2.45, 2.75) is 33.6 Å². The van der Waals surface area contributed by atoms with Crippen molar-refractivity contribution in [1.29, 1.82) is 0 Å². The van der Waals surface area contributed by atoms with Crippen LogP contribution in [0.1, 0.15) is 32.3 Å². The molecule has 1 aliphatic carbocycles. The van der Waals surface area contributed by atoms with Crippen molar-refractivity contribution < 1.29 is 28.7 Å². The number of hydrogen-bond acceptors (Lipinski definition) is 6. The van der Waals surface area contributed by atoms with Crippen molar-refractivity contribution in [3.63, 3.8) is 0 Å². The first-order chi connectivity index (χ1) is 17.8. The zero-order valence-electron chi connectivity index (χ0n) is 21.2. The molecule has 0 aromatic heterocycles. The number of amides is 3. The van der Waals surface area contributed by atoms with Crippen LogP contribution in [-0.2, 0) is 19.2 Å². The molecule has 0 radical (unpaired) electrons. The Labute approximate surface area is 215 Å². The van der Waals surface area contributed by atoms with E-state index < -0.39 is 11.9 Å². The first-order valence-electron chi connectivity index (χ1n) is 12.7. The van der Waals surface area contributed by atoms with Crippen LogP contribution in [0.2, 0.25) is 0 Å². The summed E-state index contributed by atoms with van der Waals surface area (Å²) in [5.41, 5.74) is 1.87. The summed E-state index contributed by atoms with van der Waals surface area (Å²) in [5.74, 6) is -1.23. The largest absolute Gasteiger partial charge is 0.494 e. The van der Waals surface area contributed by atoms with Gasteiger partial charge in [-0.25, -0.2) is 4.90 Å². The zero-order chi connectivity index (χ0) is 26.3. The number of anilines is 2. The summed E-state index contributed by atoms with van der Waals surface area (Å²) in [6.45, 7) is 6.43. The molecule has 0 spiro atoms. The highest BCUT2D eigenvalue weighted by atomic mass is 16.5. The van der Waals surface area contributed by atoms with E-state index in [9.17, 15) is 19.2 Å². The number of hydrogen-bond donors (Lipinski definition) is 0. The maximum Gasteiger partial charge on any atom is 0.316 e. The lowest BCUT2D eigenvalue weighted by Crippen LogP contribution is -2.32. The number of allylic oxidation sites excluding steroid dienone is 2. The van der Waals surface area contributed by atoms with Gasteiger partial charge in [-0.1, -0.05) is 19.1 Å². The predicted molar refractivity (Wildman–Crippen MR) is 137 cm³/mol. The fourth-order valence-electron chi connectivity index (χ4n) is 5.53. The quantitative estimate of drug-likeness (QED) is 0.256. The Morgan fingerprint density at radius 3 is 2.43 bits per heavy atom. The average molecular weight is 503 g/mol. The molecule has 192 valence electrons. The summed E-state index contributed by atoms with van der Waals surface area (Å²) in [5, 5.41) is 0. The van der Waals surface area contributed by atoms with Crippen LogP contribution in [-0.4, -0.2) is 36.8 Å². The maximum absolute atomic E-state index is 13.1. The Morgan fingerprint density at radius 1 is 1.03 bits per heavy atom. The molecular formula is C29H30N2O6. The summed E-state index contributed by atoms with van der Waals surface area (Å²) in [6.07, 6.45) is 4.60. The summed E-state index contributed by atoms with van der Waals surface area (Å²) >= 11 is 0. The molecule has 8 nitrogen and oxygen atoms in total. The van der Waals surface area contributed by atoms with Gasteiger partial charge in [0.2, 0.25) is 17.7 Å². The van der Waals surface area contributed by atoms with Crippen molar-refractivity contribution >= 4 is 35.1 Å². The number of imide groups is 1. The molecule has 2 saturated heterocycles. The Bertz CT molecular complexity index is 1280. The van der Waals surface area contributed by atoms with Crippen molar-refractivity contribution in [2.24, 2.45) is 23.7 Å². The van der Waals surface area contributed by atoms with Gasteiger partial charge in [-0.05, 0) is 74.2 Å². The van der Waals surface area contributed by atoms with E-state index in [2.05, 4.69) is 0 Å². The number of esters is 1. The molecule has 2 heterocycles. The van der Waals surface area contributed by atoms with E-state index in [0.717, 1.165) is 5.75 Å². The summed E-state index contributed by atoms with van der Waals surface area (Å²) in [7, 11) is 0. The zero-order valence-corrected chi connectivity index (χ0v) is 21.2. The maximum atomic E-state index is 13.1. The molecule has 3 amide bonds. The molecular weight excluding hydrogens is 472 g/mol. The molecule has 2 fully saturated rings. The summed E-state index contributed by atoms with van der Waals surface area (Å²) in [6, 6.07) is 12.1. The van der Waals surface area contributed by atoms with Crippen LogP contribution in [0.25, 0.3) is 0 Å². The van der Waals surface area contributed by atoms with Gasteiger partial charge in [-0.2, -0.15) is 0 Å². The van der Waals surface area contributed by atoms with Gasteiger partial charge in [0, 0.05) is 18.7 Å². The molecule has 0 bridgehead atoms. The SMILES string of the molecule is CCOc1ccc(N2C[C@H](C(=O)Oc3ccc(N4C(=O)[C@H]5[C@H](C)C=CC[C@H]5C4=O)c(C)c3)CC2=O)cc1. The number of carbonyl (C=O) groups excluding carboxylic acids is 4. The van der Waals surface area contributed by atoms with Crippen molar-refractivity contribution in [3.8, 4) is 11.5 Å². The number of rotatable bonds is 6. The fraction of sp³-hybridized carbons (Fsp3) is 0.379. The van der Waals surface area contributed by atoms with E-state index in [0.29, 0.717) is 35.7 Å². The highest BCUT2D eigenvalue weighted by Gasteiger charge is 2.50. The molecule has 37 heavy (non-hydrogen) atoms. The smallest absolute Gasteiger partial charge is 0.316 e. The Kier molecular flexibility index (Phi) is 6.58. The number of carbonyl (C=O) groups is 4. The minimum atomic E-state index is -0.599. The third-order valence-corrected chi connectivity index (χ3v) is 7.42. The molecule has 0 N–H and O–H groups in total. The second-order valence-corrected chi connectivity index (χ2v) is 9.87. The molecule has 3 aliphatic rings. The van der Waals surface area contributed by atoms with Crippen LogP contribution in [0.15, 0.2) is 54.6 Å². The average Bonchev–Trinajstić information content (AvgIpc) is 3.38.